The highest BCUT2D eigenvalue weighted by atomic mass is 16.6. The maximum absolute atomic E-state index is 5.65. The monoisotopic (exact) mass is 158 g/mol. The van der Waals surface area contributed by atoms with Crippen LogP contribution in [0.2, 0.25) is 0 Å². The Morgan fingerprint density at radius 1 is 1.45 bits per heavy atom. The van der Waals surface area contributed by atoms with Gasteiger partial charge in [0.15, 0.2) is 0 Å². The van der Waals surface area contributed by atoms with E-state index in [0.717, 1.165) is 13.2 Å². The predicted molar refractivity (Wildman–Crippen MR) is 40.3 cm³/mol. The Labute approximate surface area is 66.0 Å². The van der Waals surface area contributed by atoms with Crippen LogP contribution in [0, 0.1) is 0 Å². The van der Waals surface area contributed by atoms with E-state index in [1.807, 2.05) is 0 Å². The summed E-state index contributed by atoms with van der Waals surface area (Å²) in [6, 6.07) is 0.401. The largest absolute Gasteiger partial charge is 0.377 e. The third-order valence-corrected chi connectivity index (χ3v) is 2.27. The zero-order valence-electron chi connectivity index (χ0n) is 6.45. The number of nitrogens with one attached hydrogen (secondary N) is 1. The number of rotatable bonds is 1. The quantitative estimate of drug-likeness (QED) is 0.498. The van der Waals surface area contributed by atoms with Crippen molar-refractivity contribution in [1.29, 1.82) is 0 Å². The van der Waals surface area contributed by atoms with Crippen molar-refractivity contribution in [3.8, 4) is 0 Å². The molecule has 0 aromatic heterocycles. The van der Waals surface area contributed by atoms with Gasteiger partial charge in [0.2, 0.25) is 0 Å². The van der Waals surface area contributed by atoms with Crippen LogP contribution in [0.25, 0.3) is 0 Å². The van der Waals surface area contributed by atoms with Crippen molar-refractivity contribution in [3.63, 3.8) is 0 Å². The minimum Gasteiger partial charge on any atom is -0.377 e. The molecule has 2 aliphatic rings. The summed E-state index contributed by atoms with van der Waals surface area (Å²) in [5.41, 5.74) is 5.48. The molecule has 0 saturated carbocycles. The minimum absolute atomic E-state index is 0.179. The van der Waals surface area contributed by atoms with Gasteiger partial charge in [0.05, 0.1) is 31.5 Å². The van der Waals surface area contributed by atoms with E-state index in [4.69, 9.17) is 15.2 Å². The second kappa shape index (κ2) is 3.06. The van der Waals surface area contributed by atoms with Crippen LogP contribution in [0.15, 0.2) is 0 Å². The molecule has 2 rings (SSSR count). The second-order valence-corrected chi connectivity index (χ2v) is 3.08. The van der Waals surface area contributed by atoms with Gasteiger partial charge in [-0.25, -0.2) is 0 Å². The number of ether oxygens (including phenoxy) is 2. The summed E-state index contributed by atoms with van der Waals surface area (Å²) in [7, 11) is 0. The first-order valence-electron chi connectivity index (χ1n) is 4.07. The standard InChI is InChI=1S/C7H14N2O2/c8-1-5-2-9-6-3-10-4-7(6)11-5/h5-7,9H,1-4,8H2/t5-,6+,7+/m1/s1. The van der Waals surface area contributed by atoms with Gasteiger partial charge in [-0.1, -0.05) is 0 Å². The normalized spacial score (nSPS) is 43.9. The van der Waals surface area contributed by atoms with Gasteiger partial charge in [0.1, 0.15) is 0 Å². The Morgan fingerprint density at radius 2 is 2.36 bits per heavy atom. The molecular weight excluding hydrogens is 144 g/mol. The zero-order valence-corrected chi connectivity index (χ0v) is 6.45. The fourth-order valence-corrected chi connectivity index (χ4v) is 1.58. The molecule has 11 heavy (non-hydrogen) atoms. The summed E-state index contributed by atoms with van der Waals surface area (Å²) in [6.45, 7) is 2.95. The summed E-state index contributed by atoms with van der Waals surface area (Å²) in [4.78, 5) is 0. The molecule has 0 radical (unpaired) electrons. The van der Waals surface area contributed by atoms with Gasteiger partial charge >= 0.3 is 0 Å². The van der Waals surface area contributed by atoms with Crippen LogP contribution < -0.4 is 11.1 Å². The Hall–Kier alpha value is -0.160. The van der Waals surface area contributed by atoms with Gasteiger partial charge in [0, 0.05) is 13.1 Å². The van der Waals surface area contributed by atoms with E-state index in [2.05, 4.69) is 5.32 Å². The van der Waals surface area contributed by atoms with Crippen molar-refractivity contribution in [1.82, 2.24) is 5.32 Å². The smallest absolute Gasteiger partial charge is 0.0988 e. The van der Waals surface area contributed by atoms with E-state index in [1.54, 1.807) is 0 Å². The molecule has 0 bridgehead atoms. The summed E-state index contributed by atoms with van der Waals surface area (Å²) < 4.78 is 10.9. The lowest BCUT2D eigenvalue weighted by molar-refractivity contribution is -0.0442. The van der Waals surface area contributed by atoms with E-state index in [9.17, 15) is 0 Å². The Bertz CT molecular complexity index is 142. The van der Waals surface area contributed by atoms with Crippen LogP contribution in [-0.4, -0.2) is 44.6 Å². The molecular formula is C7H14N2O2. The summed E-state index contributed by atoms with van der Waals surface area (Å²) in [5.74, 6) is 0. The molecule has 2 saturated heterocycles. The minimum atomic E-state index is 0.179. The van der Waals surface area contributed by atoms with Crippen molar-refractivity contribution in [3.05, 3.63) is 0 Å². The SMILES string of the molecule is NC[C@@H]1CN[C@H]2COC[C@@H]2O1. The highest BCUT2D eigenvalue weighted by molar-refractivity contribution is 4.88. The van der Waals surface area contributed by atoms with Crippen LogP contribution >= 0.6 is 0 Å². The van der Waals surface area contributed by atoms with E-state index in [1.165, 1.54) is 0 Å². The number of hydrogen-bond acceptors (Lipinski definition) is 4. The van der Waals surface area contributed by atoms with E-state index in [0.29, 0.717) is 19.2 Å². The third-order valence-electron chi connectivity index (χ3n) is 2.27. The molecule has 2 aliphatic heterocycles. The average molecular weight is 158 g/mol. The molecule has 3 N–H and O–H groups in total. The molecule has 3 atom stereocenters. The lowest BCUT2D eigenvalue weighted by Crippen LogP contribution is -2.53. The fourth-order valence-electron chi connectivity index (χ4n) is 1.58. The Balaban J connectivity index is 1.91. The van der Waals surface area contributed by atoms with Crippen LogP contribution in [0.5, 0.6) is 0 Å². The third kappa shape index (κ3) is 1.39. The first kappa shape index (κ1) is 7.49. The molecule has 2 fully saturated rings. The van der Waals surface area contributed by atoms with E-state index >= 15 is 0 Å². The molecule has 2 heterocycles. The van der Waals surface area contributed by atoms with Crippen molar-refractivity contribution in [2.45, 2.75) is 18.2 Å². The molecule has 64 valence electrons. The summed E-state index contributed by atoms with van der Waals surface area (Å²) in [5, 5.41) is 3.35. The molecule has 4 nitrogen and oxygen atoms in total. The van der Waals surface area contributed by atoms with Crippen LogP contribution in [0.3, 0.4) is 0 Å². The average Bonchev–Trinajstić information content (AvgIpc) is 2.50. The fraction of sp³-hybridized carbons (Fsp3) is 1.00. The van der Waals surface area contributed by atoms with Crippen molar-refractivity contribution < 1.29 is 9.47 Å². The van der Waals surface area contributed by atoms with E-state index < -0.39 is 0 Å². The molecule has 0 unspecified atom stereocenters. The number of morpholine rings is 1. The topological polar surface area (TPSA) is 56.5 Å². The summed E-state index contributed by atoms with van der Waals surface area (Å²) in [6.07, 6.45) is 0.412. The van der Waals surface area contributed by atoms with Gasteiger partial charge in [-0.05, 0) is 0 Å². The molecule has 0 aromatic rings. The summed E-state index contributed by atoms with van der Waals surface area (Å²) >= 11 is 0. The van der Waals surface area contributed by atoms with Crippen molar-refractivity contribution in [2.24, 2.45) is 5.73 Å². The highest BCUT2D eigenvalue weighted by Gasteiger charge is 2.34. The first-order chi connectivity index (χ1) is 5.40. The highest BCUT2D eigenvalue weighted by Crippen LogP contribution is 2.15. The predicted octanol–water partition coefficient (Wildman–Crippen LogP) is -1.30. The lowest BCUT2D eigenvalue weighted by atomic mass is 10.1. The van der Waals surface area contributed by atoms with Gasteiger partial charge < -0.3 is 20.5 Å². The first-order valence-corrected chi connectivity index (χ1v) is 4.07. The van der Waals surface area contributed by atoms with Crippen LogP contribution in [0.4, 0.5) is 0 Å². The molecule has 0 aliphatic carbocycles. The molecule has 4 heteroatoms. The number of nitrogens with two attached hydrogens (primary N) is 1. The van der Waals surface area contributed by atoms with Gasteiger partial charge in [-0.3, -0.25) is 0 Å². The molecule has 0 spiro atoms. The Morgan fingerprint density at radius 3 is 3.18 bits per heavy atom. The second-order valence-electron chi connectivity index (χ2n) is 3.08. The number of fused-ring (bicyclic) bond motifs is 1. The maximum Gasteiger partial charge on any atom is 0.0988 e. The van der Waals surface area contributed by atoms with Crippen molar-refractivity contribution >= 4 is 0 Å². The van der Waals surface area contributed by atoms with Crippen LogP contribution in [0.1, 0.15) is 0 Å². The van der Waals surface area contributed by atoms with Gasteiger partial charge in [0.25, 0.3) is 0 Å². The molecule has 0 aromatic carbocycles. The number of hydrogen-bond donors (Lipinski definition) is 2. The van der Waals surface area contributed by atoms with E-state index in [-0.39, 0.29) is 12.2 Å². The lowest BCUT2D eigenvalue weighted by Gasteiger charge is -2.31. The van der Waals surface area contributed by atoms with Gasteiger partial charge in [-0.15, -0.1) is 0 Å². The maximum atomic E-state index is 5.65. The Kier molecular flexibility index (Phi) is 2.09. The van der Waals surface area contributed by atoms with Gasteiger partial charge in [-0.2, -0.15) is 0 Å². The van der Waals surface area contributed by atoms with Crippen LogP contribution in [-0.2, 0) is 9.47 Å². The van der Waals surface area contributed by atoms with Crippen molar-refractivity contribution in [2.75, 3.05) is 26.3 Å². The molecule has 0 amide bonds. The zero-order chi connectivity index (χ0) is 7.68.